The highest BCUT2D eigenvalue weighted by Crippen LogP contribution is 1.99. The van der Waals surface area contributed by atoms with Crippen molar-refractivity contribution in [3.63, 3.8) is 0 Å². The fourth-order valence-electron chi connectivity index (χ4n) is 2.30. The van der Waals surface area contributed by atoms with Crippen LogP contribution in [0.5, 0.6) is 0 Å². The number of likely N-dealkylation sites (N-methyl/N-ethyl adjacent to an activating group) is 2. The Kier molecular flexibility index (Phi) is 15.7. The number of carbonyl (C=O) groups excluding carboxylic acids is 2. The topological polar surface area (TPSA) is 55.9 Å². The molecule has 25 heavy (non-hydrogen) atoms. The molecular weight excluding hydrogens is 384 g/mol. The van der Waals surface area contributed by atoms with Crippen LogP contribution in [0.25, 0.3) is 0 Å². The second kappa shape index (κ2) is 15.9. The normalized spacial score (nSPS) is 19.2. The number of hydrogen-bond donors (Lipinski definition) is 1. The van der Waals surface area contributed by atoms with Crippen molar-refractivity contribution in [2.24, 2.45) is 0 Å². The molecule has 0 radical (unpaired) electrons. The van der Waals surface area contributed by atoms with Gasteiger partial charge < -0.3 is 20.0 Å². The fourth-order valence-corrected chi connectivity index (χ4v) is 2.86. The number of nitrogens with one attached hydrogen (secondary N) is 1. The zero-order valence-electron chi connectivity index (χ0n) is 16.5. The number of piperazine rings is 2. The first-order valence-electron chi connectivity index (χ1n) is 9.20. The molecule has 148 valence electrons. The highest BCUT2D eigenvalue weighted by Gasteiger charge is 2.13. The summed E-state index contributed by atoms with van der Waals surface area (Å²) in [6, 6.07) is 0. The summed E-state index contributed by atoms with van der Waals surface area (Å²) in [5.41, 5.74) is 0. The van der Waals surface area contributed by atoms with E-state index in [1.54, 1.807) is 13.8 Å². The third-order valence-electron chi connectivity index (χ3n) is 4.16. The number of ketones is 2. The van der Waals surface area contributed by atoms with Crippen LogP contribution in [0.2, 0.25) is 0 Å². The summed E-state index contributed by atoms with van der Waals surface area (Å²) >= 11 is 3.13. The van der Waals surface area contributed by atoms with Crippen LogP contribution in [-0.4, -0.2) is 105 Å². The maximum Gasteiger partial charge on any atom is 0.131 e. The Morgan fingerprint density at radius 1 is 0.840 bits per heavy atom. The average molecular weight is 421 g/mol. The molecule has 0 aromatic heterocycles. The van der Waals surface area contributed by atoms with Gasteiger partial charge in [0.05, 0.1) is 0 Å². The highest BCUT2D eigenvalue weighted by atomic mass is 79.9. The summed E-state index contributed by atoms with van der Waals surface area (Å²) < 4.78 is 0. The van der Waals surface area contributed by atoms with Gasteiger partial charge >= 0.3 is 0 Å². The van der Waals surface area contributed by atoms with Crippen molar-refractivity contribution in [3.05, 3.63) is 0 Å². The van der Waals surface area contributed by atoms with Gasteiger partial charge in [-0.05, 0) is 27.9 Å². The lowest BCUT2D eigenvalue weighted by Gasteiger charge is -2.31. The monoisotopic (exact) mass is 420 g/mol. The standard InChI is InChI=1S/C9H18N2O.C5H12N2.C4H7BrO/c1-9(12)3-4-11-7-5-10(2)6-8-11;1-7-4-2-6-3-5-7;1-4(6)2-3-5/h3-8H2,1-2H3;6H,2-5H2,1H3;2-3H2,1H3. The summed E-state index contributed by atoms with van der Waals surface area (Å²) in [6.07, 6.45) is 1.36. The molecule has 2 fully saturated rings. The molecule has 0 amide bonds. The maximum absolute atomic E-state index is 10.7. The molecule has 6 nitrogen and oxygen atoms in total. The van der Waals surface area contributed by atoms with Crippen LogP contribution < -0.4 is 5.32 Å². The number of nitrogens with zero attached hydrogens (tertiary/aromatic N) is 3. The van der Waals surface area contributed by atoms with Gasteiger partial charge in [-0.15, -0.1) is 0 Å². The van der Waals surface area contributed by atoms with E-state index in [1.807, 2.05) is 0 Å². The Balaban J connectivity index is 0.000000378. The molecule has 0 unspecified atom stereocenters. The van der Waals surface area contributed by atoms with Gasteiger partial charge in [-0.25, -0.2) is 0 Å². The number of halogens is 1. The molecule has 0 saturated carbocycles. The van der Waals surface area contributed by atoms with Crippen molar-refractivity contribution in [3.8, 4) is 0 Å². The molecule has 7 heteroatoms. The van der Waals surface area contributed by atoms with Crippen LogP contribution in [0.15, 0.2) is 0 Å². The molecule has 0 atom stereocenters. The molecule has 2 saturated heterocycles. The van der Waals surface area contributed by atoms with E-state index in [4.69, 9.17) is 0 Å². The van der Waals surface area contributed by atoms with Gasteiger partial charge in [0.15, 0.2) is 0 Å². The van der Waals surface area contributed by atoms with Crippen LogP contribution in [0.1, 0.15) is 26.7 Å². The quantitative estimate of drug-likeness (QED) is 0.671. The molecule has 0 aromatic rings. The molecule has 0 aromatic carbocycles. The van der Waals surface area contributed by atoms with Crippen LogP contribution in [-0.2, 0) is 9.59 Å². The van der Waals surface area contributed by atoms with Gasteiger partial charge in [-0.3, -0.25) is 9.59 Å². The number of Topliss-reactive ketones (excluding diaryl/α,β-unsaturated/α-hetero) is 2. The van der Waals surface area contributed by atoms with E-state index in [-0.39, 0.29) is 5.78 Å². The van der Waals surface area contributed by atoms with Crippen LogP contribution >= 0.6 is 15.9 Å². The zero-order chi connectivity index (χ0) is 19.1. The van der Waals surface area contributed by atoms with Crippen molar-refractivity contribution in [2.75, 3.05) is 78.3 Å². The fraction of sp³-hybridized carbons (Fsp3) is 0.889. The smallest absolute Gasteiger partial charge is 0.131 e. The van der Waals surface area contributed by atoms with Gasteiger partial charge in [-0.2, -0.15) is 0 Å². The lowest BCUT2D eigenvalue weighted by atomic mass is 10.2. The van der Waals surface area contributed by atoms with Crippen molar-refractivity contribution in [2.45, 2.75) is 26.7 Å². The minimum absolute atomic E-state index is 0.242. The van der Waals surface area contributed by atoms with Crippen LogP contribution in [0.3, 0.4) is 0 Å². The Morgan fingerprint density at radius 3 is 1.64 bits per heavy atom. The first kappa shape index (κ1) is 24.7. The number of alkyl halides is 1. The Labute approximate surface area is 162 Å². The van der Waals surface area contributed by atoms with E-state index in [1.165, 1.54) is 13.1 Å². The summed E-state index contributed by atoms with van der Waals surface area (Å²) in [5, 5.41) is 4.07. The summed E-state index contributed by atoms with van der Waals surface area (Å²) in [6.45, 7) is 13.4. The lowest BCUT2D eigenvalue weighted by molar-refractivity contribution is -0.117. The Hall–Kier alpha value is -0.340. The molecule has 1 N–H and O–H groups in total. The zero-order valence-corrected chi connectivity index (χ0v) is 18.1. The Bertz CT molecular complexity index is 355. The van der Waals surface area contributed by atoms with Crippen LogP contribution in [0, 0.1) is 0 Å². The van der Waals surface area contributed by atoms with E-state index >= 15 is 0 Å². The predicted octanol–water partition coefficient (Wildman–Crippen LogP) is 1.09. The van der Waals surface area contributed by atoms with E-state index in [2.05, 4.69) is 50.0 Å². The summed E-state index contributed by atoms with van der Waals surface area (Å²) in [4.78, 5) is 27.7. The van der Waals surface area contributed by atoms with Crippen molar-refractivity contribution >= 4 is 27.5 Å². The molecule has 0 aliphatic carbocycles. The van der Waals surface area contributed by atoms with Crippen molar-refractivity contribution < 1.29 is 9.59 Å². The van der Waals surface area contributed by atoms with Gasteiger partial charge in [0.1, 0.15) is 11.6 Å². The first-order chi connectivity index (χ1) is 11.8. The highest BCUT2D eigenvalue weighted by molar-refractivity contribution is 9.09. The predicted molar refractivity (Wildman–Crippen MR) is 109 cm³/mol. The van der Waals surface area contributed by atoms with Crippen molar-refractivity contribution in [1.82, 2.24) is 20.0 Å². The minimum atomic E-state index is 0.242. The lowest BCUT2D eigenvalue weighted by Crippen LogP contribution is -2.44. The number of carbonyl (C=O) groups is 2. The first-order valence-corrected chi connectivity index (χ1v) is 10.3. The van der Waals surface area contributed by atoms with Crippen molar-refractivity contribution in [1.29, 1.82) is 0 Å². The van der Waals surface area contributed by atoms with Gasteiger partial charge in [0, 0.05) is 77.1 Å². The van der Waals surface area contributed by atoms with Gasteiger partial charge in [0.25, 0.3) is 0 Å². The molecular formula is C18H37BrN4O2. The minimum Gasteiger partial charge on any atom is -0.314 e. The van der Waals surface area contributed by atoms with Gasteiger partial charge in [0.2, 0.25) is 0 Å². The average Bonchev–Trinajstić information content (AvgIpc) is 2.56. The molecule has 2 rings (SSSR count). The molecule has 2 aliphatic heterocycles. The molecule has 2 heterocycles. The third kappa shape index (κ3) is 16.9. The maximum atomic E-state index is 10.7. The second-order valence-corrected chi connectivity index (χ2v) is 7.58. The van der Waals surface area contributed by atoms with E-state index < -0.39 is 0 Å². The third-order valence-corrected chi connectivity index (χ3v) is 4.56. The summed E-state index contributed by atoms with van der Waals surface area (Å²) in [5.74, 6) is 0.542. The molecule has 2 aliphatic rings. The number of hydrogen-bond acceptors (Lipinski definition) is 6. The SMILES string of the molecule is CC(=O)CCBr.CC(=O)CCN1CCN(C)CC1.CN1CCNCC1. The van der Waals surface area contributed by atoms with E-state index in [0.29, 0.717) is 18.6 Å². The van der Waals surface area contributed by atoms with E-state index in [9.17, 15) is 9.59 Å². The largest absolute Gasteiger partial charge is 0.314 e. The molecule has 0 bridgehead atoms. The Morgan fingerprint density at radius 2 is 1.32 bits per heavy atom. The second-order valence-electron chi connectivity index (χ2n) is 6.79. The number of rotatable bonds is 5. The summed E-state index contributed by atoms with van der Waals surface area (Å²) in [7, 11) is 4.29. The van der Waals surface area contributed by atoms with Gasteiger partial charge in [-0.1, -0.05) is 15.9 Å². The van der Waals surface area contributed by atoms with Crippen LogP contribution in [0.4, 0.5) is 0 Å². The molecule has 0 spiro atoms. The van der Waals surface area contributed by atoms with E-state index in [0.717, 1.165) is 51.1 Å².